The third-order valence-corrected chi connectivity index (χ3v) is 6.95. The van der Waals surface area contributed by atoms with Crippen LogP contribution in [-0.4, -0.2) is 34.9 Å². The number of carbonyl (C=O) groups is 3. The number of ether oxygens (including phenoxy) is 1. The van der Waals surface area contributed by atoms with Gasteiger partial charge in [0.1, 0.15) is 12.4 Å². The average molecular weight is 532 g/mol. The average Bonchev–Trinajstić information content (AvgIpc) is 3.23. The van der Waals surface area contributed by atoms with Crippen LogP contribution >= 0.6 is 11.3 Å². The first-order valence-corrected chi connectivity index (χ1v) is 13.1. The summed E-state index contributed by atoms with van der Waals surface area (Å²) in [6.07, 6.45) is 0.981. The van der Waals surface area contributed by atoms with Gasteiger partial charge in [-0.05, 0) is 48.7 Å². The van der Waals surface area contributed by atoms with Crippen LogP contribution in [-0.2, 0) is 22.6 Å². The smallest absolute Gasteiger partial charge is 0.308 e. The number of benzene rings is 3. The molecule has 0 radical (unpaired) electrons. The highest BCUT2D eigenvalue weighted by molar-refractivity contribution is 7.16. The normalized spacial score (nSPS) is 11.7. The van der Waals surface area contributed by atoms with E-state index in [1.54, 1.807) is 59.2 Å². The lowest BCUT2D eigenvalue weighted by atomic mass is 10.0. The lowest BCUT2D eigenvalue weighted by Crippen LogP contribution is -2.49. The van der Waals surface area contributed by atoms with Crippen molar-refractivity contribution in [3.05, 3.63) is 99.2 Å². The molecule has 4 aromatic rings. The first kappa shape index (κ1) is 26.8. The number of amides is 1. The van der Waals surface area contributed by atoms with Crippen LogP contribution in [0.2, 0.25) is 0 Å². The summed E-state index contributed by atoms with van der Waals surface area (Å²) >= 11 is 1.09. The standard InChI is InChI=1S/C29H28N2O6S/c1-2-6-26(32)30-23(28(34)35)17-19-9-12-22(13-10-19)37-16-15-31-24-14-11-21(18-25(24)38-29(31)36)27(33)20-7-4-3-5-8-20/h3-5,7-14,18,23H,2,6,15-17H2,1H3,(H,30,32)(H,34,35)/p-1. The Morgan fingerprint density at radius 2 is 1.74 bits per heavy atom. The largest absolute Gasteiger partial charge is 0.548 e. The molecule has 8 nitrogen and oxygen atoms in total. The highest BCUT2D eigenvalue weighted by Gasteiger charge is 2.15. The number of aromatic nitrogens is 1. The molecule has 9 heteroatoms. The highest BCUT2D eigenvalue weighted by Crippen LogP contribution is 2.21. The van der Waals surface area contributed by atoms with Crippen molar-refractivity contribution < 1.29 is 24.2 Å². The molecule has 196 valence electrons. The number of carboxylic acids is 1. The second-order valence-electron chi connectivity index (χ2n) is 8.78. The maximum atomic E-state index is 12.7. The van der Waals surface area contributed by atoms with Gasteiger partial charge in [-0.3, -0.25) is 19.0 Å². The van der Waals surface area contributed by atoms with E-state index in [9.17, 15) is 24.3 Å². The van der Waals surface area contributed by atoms with Gasteiger partial charge in [-0.15, -0.1) is 0 Å². The number of hydrogen-bond acceptors (Lipinski definition) is 7. The summed E-state index contributed by atoms with van der Waals surface area (Å²) in [7, 11) is 0. The molecule has 0 aliphatic rings. The first-order valence-electron chi connectivity index (χ1n) is 12.3. The number of nitrogens with one attached hydrogen (secondary N) is 1. The summed E-state index contributed by atoms with van der Waals surface area (Å²) in [6, 6.07) is 20.0. The van der Waals surface area contributed by atoms with Gasteiger partial charge in [0.2, 0.25) is 5.91 Å². The Morgan fingerprint density at radius 1 is 1.00 bits per heavy atom. The highest BCUT2D eigenvalue weighted by atomic mass is 32.1. The molecule has 1 atom stereocenters. The summed E-state index contributed by atoms with van der Waals surface area (Å²) in [4.78, 5) is 48.4. The van der Waals surface area contributed by atoms with Crippen LogP contribution in [0, 0.1) is 0 Å². The zero-order valence-electron chi connectivity index (χ0n) is 20.8. The van der Waals surface area contributed by atoms with Crippen molar-refractivity contribution in [2.24, 2.45) is 0 Å². The number of rotatable bonds is 12. The van der Waals surface area contributed by atoms with E-state index in [-0.39, 0.29) is 36.0 Å². The Morgan fingerprint density at radius 3 is 2.42 bits per heavy atom. The predicted molar refractivity (Wildman–Crippen MR) is 143 cm³/mol. The van der Waals surface area contributed by atoms with Gasteiger partial charge in [-0.25, -0.2) is 0 Å². The molecule has 1 heterocycles. The molecule has 0 fully saturated rings. The SMILES string of the molecule is CCCC(=O)NC(Cc1ccc(OCCn2c(=O)sc3cc(C(=O)c4ccccc4)ccc32)cc1)C(=O)[O-]. The Labute approximate surface area is 223 Å². The van der Waals surface area contributed by atoms with Crippen molar-refractivity contribution in [2.75, 3.05) is 6.61 Å². The fourth-order valence-electron chi connectivity index (χ4n) is 4.07. The van der Waals surface area contributed by atoms with Gasteiger partial charge in [-0.1, -0.05) is 60.7 Å². The second-order valence-corrected chi connectivity index (χ2v) is 9.78. The fourth-order valence-corrected chi connectivity index (χ4v) is 5.03. The predicted octanol–water partition coefficient (Wildman–Crippen LogP) is 2.95. The Kier molecular flexibility index (Phi) is 8.70. The van der Waals surface area contributed by atoms with Crippen LogP contribution in [0.1, 0.15) is 41.3 Å². The summed E-state index contributed by atoms with van der Waals surface area (Å²) in [6.45, 7) is 2.40. The van der Waals surface area contributed by atoms with Gasteiger partial charge in [0.05, 0.1) is 28.8 Å². The number of aliphatic carboxylic acids is 1. The number of fused-ring (bicyclic) bond motifs is 1. The van der Waals surface area contributed by atoms with Gasteiger partial charge in [0, 0.05) is 17.5 Å². The van der Waals surface area contributed by atoms with Crippen molar-refractivity contribution in [2.45, 2.75) is 38.8 Å². The Balaban J connectivity index is 1.37. The summed E-state index contributed by atoms with van der Waals surface area (Å²) in [5.41, 5.74) is 2.57. The number of ketones is 1. The molecule has 3 aromatic carbocycles. The van der Waals surface area contributed by atoms with Crippen LogP contribution < -0.4 is 20.0 Å². The minimum atomic E-state index is -1.33. The maximum Gasteiger partial charge on any atom is 0.308 e. The van der Waals surface area contributed by atoms with Gasteiger partial charge < -0.3 is 20.0 Å². The molecule has 0 saturated heterocycles. The van der Waals surface area contributed by atoms with Gasteiger partial charge in [-0.2, -0.15) is 0 Å². The van der Waals surface area contributed by atoms with Crippen molar-refractivity contribution in [3.63, 3.8) is 0 Å². The minimum absolute atomic E-state index is 0.0963. The summed E-state index contributed by atoms with van der Waals surface area (Å²) in [5, 5.41) is 13.9. The lowest BCUT2D eigenvalue weighted by Gasteiger charge is -2.20. The molecule has 4 rings (SSSR count). The van der Waals surface area contributed by atoms with Crippen molar-refractivity contribution >= 4 is 39.2 Å². The van der Waals surface area contributed by atoms with E-state index in [1.165, 1.54) is 0 Å². The molecular formula is C29H27N2O6S-. The van der Waals surface area contributed by atoms with E-state index in [2.05, 4.69) is 5.32 Å². The molecule has 0 aliphatic heterocycles. The topological polar surface area (TPSA) is 118 Å². The second kappa shape index (κ2) is 12.3. The number of thiazole rings is 1. The Bertz CT molecular complexity index is 1490. The lowest BCUT2D eigenvalue weighted by molar-refractivity contribution is -0.308. The molecule has 38 heavy (non-hydrogen) atoms. The Hall–Kier alpha value is -4.24. The summed E-state index contributed by atoms with van der Waals surface area (Å²) in [5.74, 6) is -1.19. The zero-order valence-corrected chi connectivity index (χ0v) is 21.7. The van der Waals surface area contributed by atoms with Crippen molar-refractivity contribution in [3.8, 4) is 5.75 Å². The molecule has 1 N–H and O–H groups in total. The van der Waals surface area contributed by atoms with E-state index >= 15 is 0 Å². The van der Waals surface area contributed by atoms with Gasteiger partial charge in [0.15, 0.2) is 5.78 Å². The maximum absolute atomic E-state index is 12.7. The fraction of sp³-hybridized carbons (Fsp3) is 0.241. The van der Waals surface area contributed by atoms with E-state index in [0.717, 1.165) is 21.6 Å². The van der Waals surface area contributed by atoms with E-state index < -0.39 is 12.0 Å². The molecule has 0 spiro atoms. The minimum Gasteiger partial charge on any atom is -0.548 e. The number of carboxylic acid groups (broad SMARTS) is 1. The van der Waals surface area contributed by atoms with Gasteiger partial charge in [0.25, 0.3) is 0 Å². The monoisotopic (exact) mass is 531 g/mol. The third kappa shape index (κ3) is 6.54. The molecule has 1 amide bonds. The van der Waals surface area contributed by atoms with Crippen LogP contribution in [0.15, 0.2) is 77.6 Å². The van der Waals surface area contributed by atoms with Gasteiger partial charge >= 0.3 is 4.87 Å². The molecule has 0 bridgehead atoms. The van der Waals surface area contributed by atoms with E-state index in [0.29, 0.717) is 35.4 Å². The first-order chi connectivity index (χ1) is 18.4. The van der Waals surface area contributed by atoms with Crippen LogP contribution in [0.3, 0.4) is 0 Å². The van der Waals surface area contributed by atoms with Crippen molar-refractivity contribution in [1.82, 2.24) is 9.88 Å². The molecule has 1 unspecified atom stereocenters. The number of carbonyl (C=O) groups excluding carboxylic acids is 3. The summed E-state index contributed by atoms with van der Waals surface area (Å²) < 4.78 is 8.15. The van der Waals surface area contributed by atoms with Crippen LogP contribution in [0.4, 0.5) is 0 Å². The van der Waals surface area contributed by atoms with E-state index in [4.69, 9.17) is 4.74 Å². The number of nitrogens with zero attached hydrogens (tertiary/aromatic N) is 1. The van der Waals surface area contributed by atoms with E-state index in [1.807, 2.05) is 25.1 Å². The molecule has 0 saturated carbocycles. The third-order valence-electron chi connectivity index (χ3n) is 6.01. The quantitative estimate of drug-likeness (QED) is 0.281. The molecular weight excluding hydrogens is 504 g/mol. The van der Waals surface area contributed by atoms with Crippen LogP contribution in [0.25, 0.3) is 10.2 Å². The number of hydrogen-bond donors (Lipinski definition) is 1. The van der Waals surface area contributed by atoms with Crippen molar-refractivity contribution in [1.29, 1.82) is 0 Å². The molecule has 1 aromatic heterocycles. The molecule has 0 aliphatic carbocycles. The van der Waals surface area contributed by atoms with Crippen LogP contribution in [0.5, 0.6) is 5.75 Å². The zero-order chi connectivity index (χ0) is 27.1.